The van der Waals surface area contributed by atoms with Gasteiger partial charge in [-0.25, -0.2) is 9.59 Å². The Hall–Kier alpha value is -1.26. The second-order valence-corrected chi connectivity index (χ2v) is 7.05. The average Bonchev–Trinajstić information content (AvgIpc) is 2.33. The molecular weight excluding hydrogens is 281 g/mol. The summed E-state index contributed by atoms with van der Waals surface area (Å²) in [7, 11) is 4.73. The van der Waals surface area contributed by atoms with Gasteiger partial charge in [-0.05, 0) is 6.92 Å². The van der Waals surface area contributed by atoms with Gasteiger partial charge in [-0.15, -0.1) is 0 Å². The van der Waals surface area contributed by atoms with Gasteiger partial charge >= 0.3 is 19.7 Å². The maximum Gasteiger partial charge on any atom is 0.348 e. The van der Waals surface area contributed by atoms with Crippen LogP contribution < -0.4 is 0 Å². The van der Waals surface area contributed by atoms with Crippen molar-refractivity contribution in [2.24, 2.45) is 0 Å². The Morgan fingerprint density at radius 3 is 2.10 bits per heavy atom. The number of rotatable bonds is 9. The minimum absolute atomic E-state index is 0.0956. The van der Waals surface area contributed by atoms with Crippen LogP contribution >= 0.6 is 7.80 Å². The lowest BCUT2D eigenvalue weighted by molar-refractivity contribution is -0.867. The largest absolute Gasteiger partial charge is 0.463 e. The van der Waals surface area contributed by atoms with E-state index >= 15 is 0 Å². The summed E-state index contributed by atoms with van der Waals surface area (Å²) in [6.45, 7) is 2.84. The fourth-order valence-electron chi connectivity index (χ4n) is 1.15. The summed E-state index contributed by atoms with van der Waals surface area (Å²) >= 11 is 0. The highest BCUT2D eigenvalue weighted by atomic mass is 31.1. The third-order valence-corrected chi connectivity index (χ3v) is 3.63. The standard InChI is InChI=1S/C13H24NO5P/c1-5-18-12(15)6-7-13(16)19-9-11-20(17)10-8-14(2,3)4/h6-7H,5,8-11H2,1-4H3/q+2/b7-6+. The van der Waals surface area contributed by atoms with E-state index in [2.05, 4.69) is 4.74 Å². The molecular formula is C13H24NO5P+2. The number of hydrogen-bond acceptors (Lipinski definition) is 5. The van der Waals surface area contributed by atoms with E-state index in [1.807, 2.05) is 21.1 Å². The molecule has 0 saturated heterocycles. The Morgan fingerprint density at radius 2 is 1.60 bits per heavy atom. The molecule has 0 rings (SSSR count). The van der Waals surface area contributed by atoms with E-state index in [0.29, 0.717) is 12.3 Å². The fraction of sp³-hybridized carbons (Fsp3) is 0.692. The van der Waals surface area contributed by atoms with Crippen LogP contribution in [-0.4, -0.2) is 69.6 Å². The molecule has 1 atom stereocenters. The molecule has 0 aliphatic carbocycles. The predicted molar refractivity (Wildman–Crippen MR) is 77.0 cm³/mol. The van der Waals surface area contributed by atoms with Crippen molar-refractivity contribution in [2.75, 3.05) is 53.2 Å². The van der Waals surface area contributed by atoms with Crippen LogP contribution in [0.5, 0.6) is 0 Å². The van der Waals surface area contributed by atoms with Crippen LogP contribution in [-0.2, 0) is 23.6 Å². The molecule has 0 aliphatic heterocycles. The molecule has 1 unspecified atom stereocenters. The van der Waals surface area contributed by atoms with E-state index in [9.17, 15) is 14.2 Å². The van der Waals surface area contributed by atoms with Crippen molar-refractivity contribution in [3.8, 4) is 0 Å². The van der Waals surface area contributed by atoms with E-state index in [4.69, 9.17) is 4.74 Å². The van der Waals surface area contributed by atoms with Crippen LogP contribution in [0.3, 0.4) is 0 Å². The van der Waals surface area contributed by atoms with Gasteiger partial charge in [0.2, 0.25) is 0 Å². The molecule has 0 bridgehead atoms. The molecule has 20 heavy (non-hydrogen) atoms. The highest BCUT2D eigenvalue weighted by Crippen LogP contribution is 2.19. The van der Waals surface area contributed by atoms with E-state index in [1.165, 1.54) is 0 Å². The van der Waals surface area contributed by atoms with Gasteiger partial charge in [0.25, 0.3) is 0 Å². The van der Waals surface area contributed by atoms with Crippen molar-refractivity contribution in [2.45, 2.75) is 6.92 Å². The first-order chi connectivity index (χ1) is 9.24. The molecule has 0 aliphatic rings. The van der Waals surface area contributed by atoms with Gasteiger partial charge in [-0.3, -0.25) is 0 Å². The fourth-order valence-corrected chi connectivity index (χ4v) is 2.49. The van der Waals surface area contributed by atoms with Crippen LogP contribution in [0, 0.1) is 0 Å². The number of ether oxygens (including phenoxy) is 2. The summed E-state index contributed by atoms with van der Waals surface area (Å²) in [6, 6.07) is 0. The Labute approximate surface area is 121 Å². The number of nitrogens with zero attached hydrogens (tertiary/aromatic N) is 1. The maximum absolute atomic E-state index is 11.7. The van der Waals surface area contributed by atoms with Crippen LogP contribution in [0.15, 0.2) is 12.2 Å². The quantitative estimate of drug-likeness (QED) is 0.277. The normalized spacial score (nSPS) is 12.3. The lowest BCUT2D eigenvalue weighted by Crippen LogP contribution is -2.36. The van der Waals surface area contributed by atoms with Crippen molar-refractivity contribution in [1.29, 1.82) is 0 Å². The summed E-state index contributed by atoms with van der Waals surface area (Å²) in [5, 5.41) is 0. The molecule has 6 nitrogen and oxygen atoms in total. The average molecular weight is 305 g/mol. The Kier molecular flexibility index (Phi) is 9.01. The predicted octanol–water partition coefficient (Wildman–Crippen LogP) is 1.18. The van der Waals surface area contributed by atoms with Crippen LogP contribution in [0.1, 0.15) is 6.92 Å². The number of carbonyl (C=O) groups is 2. The first-order valence-corrected chi connectivity index (χ1v) is 8.11. The Bertz CT molecular complexity index is 373. The van der Waals surface area contributed by atoms with Crippen molar-refractivity contribution >= 4 is 19.7 Å². The third-order valence-electron chi connectivity index (χ3n) is 2.25. The van der Waals surface area contributed by atoms with Crippen molar-refractivity contribution in [3.05, 3.63) is 12.2 Å². The SMILES string of the molecule is CCOC(=O)/C=C/C(=O)OCC[P+](=O)CC[N+](C)(C)C. The monoisotopic (exact) mass is 305 g/mol. The van der Waals surface area contributed by atoms with Crippen LogP contribution in [0.4, 0.5) is 0 Å². The summed E-state index contributed by atoms with van der Waals surface area (Å²) in [6.07, 6.45) is 2.98. The van der Waals surface area contributed by atoms with E-state index < -0.39 is 19.7 Å². The van der Waals surface area contributed by atoms with Gasteiger partial charge in [-0.1, -0.05) is 4.57 Å². The molecule has 7 heteroatoms. The molecule has 0 spiro atoms. The molecule has 0 aromatic carbocycles. The Morgan fingerprint density at radius 1 is 1.05 bits per heavy atom. The minimum atomic E-state index is -1.36. The zero-order valence-electron chi connectivity index (χ0n) is 12.6. The van der Waals surface area contributed by atoms with Gasteiger partial charge in [0.05, 0.1) is 27.7 Å². The number of hydrogen-bond donors (Lipinski definition) is 0. The second-order valence-electron chi connectivity index (χ2n) is 5.20. The molecule has 0 amide bonds. The van der Waals surface area contributed by atoms with E-state index in [0.717, 1.165) is 23.2 Å². The van der Waals surface area contributed by atoms with Crippen molar-refractivity contribution in [3.63, 3.8) is 0 Å². The van der Waals surface area contributed by atoms with Gasteiger partial charge in [0.15, 0.2) is 12.3 Å². The zero-order valence-corrected chi connectivity index (χ0v) is 13.5. The minimum Gasteiger partial charge on any atom is -0.463 e. The smallest absolute Gasteiger partial charge is 0.348 e. The lowest BCUT2D eigenvalue weighted by Gasteiger charge is -2.21. The number of quaternary nitrogens is 1. The summed E-state index contributed by atoms with van der Waals surface area (Å²) in [5.41, 5.74) is 0. The first kappa shape index (κ1) is 18.7. The van der Waals surface area contributed by atoms with Crippen molar-refractivity contribution < 1.29 is 28.1 Å². The molecule has 0 fully saturated rings. The lowest BCUT2D eigenvalue weighted by atomic mass is 10.5. The molecule has 0 saturated carbocycles. The van der Waals surface area contributed by atoms with Gasteiger partial charge < -0.3 is 14.0 Å². The number of carbonyl (C=O) groups excluding carboxylic acids is 2. The highest BCUT2D eigenvalue weighted by Gasteiger charge is 2.20. The zero-order chi connectivity index (χ0) is 15.6. The van der Waals surface area contributed by atoms with Crippen molar-refractivity contribution in [1.82, 2.24) is 0 Å². The highest BCUT2D eigenvalue weighted by molar-refractivity contribution is 7.44. The Balaban J connectivity index is 3.81. The summed E-state index contributed by atoms with van der Waals surface area (Å²) in [5.74, 6) is -1.22. The molecule has 0 N–H and O–H groups in total. The maximum atomic E-state index is 11.7. The number of esters is 2. The van der Waals surface area contributed by atoms with E-state index in [1.54, 1.807) is 6.92 Å². The molecule has 0 radical (unpaired) electrons. The first-order valence-electron chi connectivity index (χ1n) is 6.48. The van der Waals surface area contributed by atoms with Gasteiger partial charge in [0.1, 0.15) is 13.2 Å². The topological polar surface area (TPSA) is 69.7 Å². The van der Waals surface area contributed by atoms with Crippen LogP contribution in [0.25, 0.3) is 0 Å². The molecule has 114 valence electrons. The molecule has 0 heterocycles. The van der Waals surface area contributed by atoms with Gasteiger partial charge in [0, 0.05) is 12.2 Å². The molecule has 0 aromatic heterocycles. The van der Waals surface area contributed by atoms with E-state index in [-0.39, 0.29) is 13.2 Å². The van der Waals surface area contributed by atoms with Gasteiger partial charge in [-0.2, -0.15) is 0 Å². The molecule has 0 aromatic rings. The van der Waals surface area contributed by atoms with Crippen LogP contribution in [0.2, 0.25) is 0 Å². The second kappa shape index (κ2) is 9.61. The third kappa shape index (κ3) is 11.8. The summed E-state index contributed by atoms with van der Waals surface area (Å²) in [4.78, 5) is 22.2. The summed E-state index contributed by atoms with van der Waals surface area (Å²) < 4.78 is 21.9.